The molecule has 2 amide bonds. The summed E-state index contributed by atoms with van der Waals surface area (Å²) in [6.45, 7) is 0. The number of carbonyl (C=O) groups is 2. The lowest BCUT2D eigenvalue weighted by Crippen LogP contribution is -2.42. The molecule has 8 heteroatoms. The molecule has 7 nitrogen and oxygen atoms in total. The Labute approximate surface area is 205 Å². The van der Waals surface area contributed by atoms with Crippen molar-refractivity contribution in [1.29, 1.82) is 0 Å². The first kappa shape index (κ1) is 23.3. The van der Waals surface area contributed by atoms with E-state index in [1.54, 1.807) is 36.4 Å². The average Bonchev–Trinajstić information content (AvgIpc) is 2.87. The van der Waals surface area contributed by atoms with E-state index in [4.69, 9.17) is 0 Å². The summed E-state index contributed by atoms with van der Waals surface area (Å²) in [5.41, 5.74) is 4.23. The molecule has 0 saturated heterocycles. The van der Waals surface area contributed by atoms with Crippen LogP contribution in [0.4, 0.5) is 5.69 Å². The van der Waals surface area contributed by atoms with Crippen LogP contribution in [0.5, 0.6) is 0 Å². The summed E-state index contributed by atoms with van der Waals surface area (Å²) in [6.07, 6.45) is 3.50. The summed E-state index contributed by atoms with van der Waals surface area (Å²) in [5, 5.41) is 5.85. The van der Waals surface area contributed by atoms with Crippen molar-refractivity contribution in [3.63, 3.8) is 0 Å². The van der Waals surface area contributed by atoms with Crippen LogP contribution in [0.3, 0.4) is 0 Å². The Bertz CT molecular complexity index is 1370. The van der Waals surface area contributed by atoms with E-state index in [0.29, 0.717) is 24.1 Å². The van der Waals surface area contributed by atoms with Crippen molar-refractivity contribution in [2.75, 3.05) is 5.32 Å². The van der Waals surface area contributed by atoms with Gasteiger partial charge in [-0.15, -0.1) is 0 Å². The van der Waals surface area contributed by atoms with Gasteiger partial charge < -0.3 is 10.6 Å². The maximum Gasteiger partial charge on any atom is 0.243 e. The van der Waals surface area contributed by atoms with Crippen LogP contribution in [0.25, 0.3) is 0 Å². The highest BCUT2D eigenvalue weighted by atomic mass is 32.2. The minimum Gasteiger partial charge on any atom is -0.348 e. The summed E-state index contributed by atoms with van der Waals surface area (Å²) in [7, 11) is -4.02. The second-order valence-electron chi connectivity index (χ2n) is 8.98. The van der Waals surface area contributed by atoms with E-state index in [2.05, 4.69) is 21.4 Å². The molecule has 3 N–H and O–H groups in total. The molecule has 0 radical (unpaired) electrons. The maximum absolute atomic E-state index is 13.5. The number of amides is 2. The van der Waals surface area contributed by atoms with Gasteiger partial charge in [0.05, 0.1) is 10.9 Å². The molecule has 5 rings (SSSR count). The van der Waals surface area contributed by atoms with Gasteiger partial charge in [0.2, 0.25) is 21.8 Å². The quantitative estimate of drug-likeness (QED) is 0.490. The number of hydrogen-bond donors (Lipinski definition) is 3. The second-order valence-corrected chi connectivity index (χ2v) is 10.7. The Morgan fingerprint density at radius 3 is 2.51 bits per heavy atom. The Morgan fingerprint density at radius 1 is 0.914 bits per heavy atom. The van der Waals surface area contributed by atoms with Crippen molar-refractivity contribution in [3.8, 4) is 0 Å². The van der Waals surface area contributed by atoms with E-state index in [9.17, 15) is 18.0 Å². The monoisotopic (exact) mass is 489 g/mol. The lowest BCUT2D eigenvalue weighted by molar-refractivity contribution is -0.123. The number of carbonyl (C=O) groups excluding carboxylic acids is 2. The van der Waals surface area contributed by atoms with Crippen LogP contribution in [0.15, 0.2) is 77.7 Å². The standard InChI is InChI=1S/C27H27N3O4S/c31-25-16-13-20-17-21(14-15-23(20)28-25)35(33,34)30-26(19-8-2-1-3-9-19)27(32)29-24-12-6-10-18-7-4-5-11-22(18)24/h1-5,7-9,11,14-15,17,24,26,30H,6,10,12-13,16H2,(H,28,31)(H,29,32)/t24-,26+/m0/s1. The summed E-state index contributed by atoms with van der Waals surface area (Å²) in [6, 6.07) is 20.3. The van der Waals surface area contributed by atoms with Crippen LogP contribution >= 0.6 is 0 Å². The molecule has 1 aliphatic carbocycles. The van der Waals surface area contributed by atoms with Crippen LogP contribution in [0.2, 0.25) is 0 Å². The van der Waals surface area contributed by atoms with Crippen molar-refractivity contribution in [3.05, 3.63) is 95.1 Å². The van der Waals surface area contributed by atoms with Crippen LogP contribution in [0, 0.1) is 0 Å². The van der Waals surface area contributed by atoms with Gasteiger partial charge in [-0.05, 0) is 66.1 Å². The molecule has 1 aliphatic heterocycles. The highest BCUT2D eigenvalue weighted by Gasteiger charge is 2.31. The third-order valence-electron chi connectivity index (χ3n) is 6.64. The SMILES string of the molecule is O=C1CCc2cc(S(=O)(=O)N[C@@H](C(=O)N[C@H]3CCCc4ccccc43)c3ccccc3)ccc2N1. The molecule has 3 aromatic rings. The molecular formula is C27H27N3O4S. The maximum atomic E-state index is 13.5. The molecular weight excluding hydrogens is 462 g/mol. The lowest BCUT2D eigenvalue weighted by Gasteiger charge is -2.28. The normalized spacial score (nSPS) is 18.1. The van der Waals surface area contributed by atoms with Gasteiger partial charge in [-0.2, -0.15) is 4.72 Å². The Hall–Kier alpha value is -3.49. The van der Waals surface area contributed by atoms with E-state index in [-0.39, 0.29) is 16.8 Å². The van der Waals surface area contributed by atoms with E-state index < -0.39 is 22.0 Å². The van der Waals surface area contributed by atoms with Gasteiger partial charge in [-0.3, -0.25) is 9.59 Å². The first-order chi connectivity index (χ1) is 16.9. The largest absolute Gasteiger partial charge is 0.348 e. The Morgan fingerprint density at radius 2 is 1.69 bits per heavy atom. The average molecular weight is 490 g/mol. The number of aryl methyl sites for hydroxylation is 2. The number of benzene rings is 3. The van der Waals surface area contributed by atoms with Gasteiger partial charge in [0.25, 0.3) is 0 Å². The molecule has 2 atom stereocenters. The first-order valence-electron chi connectivity index (χ1n) is 11.8. The minimum absolute atomic E-state index is 0.0594. The van der Waals surface area contributed by atoms with Crippen molar-refractivity contribution in [2.45, 2.75) is 49.1 Å². The second kappa shape index (κ2) is 9.64. The van der Waals surface area contributed by atoms with Crippen LogP contribution < -0.4 is 15.4 Å². The van der Waals surface area contributed by atoms with Gasteiger partial charge in [0.1, 0.15) is 6.04 Å². The summed E-state index contributed by atoms with van der Waals surface area (Å²) >= 11 is 0. The summed E-state index contributed by atoms with van der Waals surface area (Å²) in [4.78, 5) is 25.2. The van der Waals surface area contributed by atoms with Crippen molar-refractivity contribution >= 4 is 27.5 Å². The summed E-state index contributed by atoms with van der Waals surface area (Å²) < 4.78 is 29.4. The minimum atomic E-state index is -4.02. The topological polar surface area (TPSA) is 104 Å². The molecule has 0 aromatic heterocycles. The van der Waals surface area contributed by atoms with Crippen LogP contribution in [0.1, 0.15) is 53.6 Å². The molecule has 2 aliphatic rings. The van der Waals surface area contributed by atoms with E-state index in [1.807, 2.05) is 24.3 Å². The fourth-order valence-electron chi connectivity index (χ4n) is 4.83. The molecule has 35 heavy (non-hydrogen) atoms. The zero-order valence-corrected chi connectivity index (χ0v) is 20.0. The van der Waals surface area contributed by atoms with Crippen molar-refractivity contribution in [1.82, 2.24) is 10.0 Å². The molecule has 0 bridgehead atoms. The Balaban J connectivity index is 1.42. The summed E-state index contributed by atoms with van der Waals surface area (Å²) in [5.74, 6) is -0.483. The zero-order valence-electron chi connectivity index (χ0n) is 19.2. The predicted octanol–water partition coefficient (Wildman–Crippen LogP) is 3.78. The molecule has 0 fully saturated rings. The molecule has 0 unspecified atom stereocenters. The third kappa shape index (κ3) is 4.99. The number of nitrogens with one attached hydrogen (secondary N) is 3. The number of sulfonamides is 1. The molecule has 0 spiro atoms. The van der Waals surface area contributed by atoms with Crippen molar-refractivity contribution in [2.24, 2.45) is 0 Å². The smallest absolute Gasteiger partial charge is 0.243 e. The highest BCUT2D eigenvalue weighted by molar-refractivity contribution is 7.89. The highest BCUT2D eigenvalue weighted by Crippen LogP contribution is 2.31. The molecule has 180 valence electrons. The molecule has 0 saturated carbocycles. The van der Waals surface area contributed by atoms with Crippen molar-refractivity contribution < 1.29 is 18.0 Å². The fourth-order valence-corrected chi connectivity index (χ4v) is 6.06. The van der Waals surface area contributed by atoms with E-state index in [1.165, 1.54) is 11.6 Å². The van der Waals surface area contributed by atoms with Crippen LogP contribution in [-0.4, -0.2) is 20.2 Å². The van der Waals surface area contributed by atoms with Gasteiger partial charge in [0, 0.05) is 12.1 Å². The van der Waals surface area contributed by atoms with Gasteiger partial charge in [-0.1, -0.05) is 54.6 Å². The van der Waals surface area contributed by atoms with Crippen LogP contribution in [-0.2, 0) is 32.5 Å². The predicted molar refractivity (Wildman–Crippen MR) is 133 cm³/mol. The Kier molecular flexibility index (Phi) is 6.40. The number of hydrogen-bond acceptors (Lipinski definition) is 4. The zero-order chi connectivity index (χ0) is 24.4. The third-order valence-corrected chi connectivity index (χ3v) is 8.06. The van der Waals surface area contributed by atoms with Gasteiger partial charge in [-0.25, -0.2) is 8.42 Å². The fraction of sp³-hybridized carbons (Fsp3) is 0.259. The van der Waals surface area contributed by atoms with Gasteiger partial charge in [0.15, 0.2) is 0 Å². The molecule has 1 heterocycles. The van der Waals surface area contributed by atoms with Gasteiger partial charge >= 0.3 is 0 Å². The number of anilines is 1. The molecule has 3 aromatic carbocycles. The van der Waals surface area contributed by atoms with E-state index >= 15 is 0 Å². The lowest BCUT2D eigenvalue weighted by atomic mass is 9.87. The van der Waals surface area contributed by atoms with E-state index in [0.717, 1.165) is 30.4 Å². The number of fused-ring (bicyclic) bond motifs is 2. The first-order valence-corrected chi connectivity index (χ1v) is 13.3. The number of rotatable bonds is 6.